The topological polar surface area (TPSA) is 24.1 Å². The van der Waals surface area contributed by atoms with Crippen molar-refractivity contribution in [2.45, 2.75) is 38.3 Å². The van der Waals surface area contributed by atoms with Gasteiger partial charge in [-0.1, -0.05) is 13.8 Å². The lowest BCUT2D eigenvalue weighted by Gasteiger charge is -2.46. The number of rotatable bonds is 1. The van der Waals surface area contributed by atoms with Gasteiger partial charge in [0.1, 0.15) is 0 Å². The molecule has 2 aliphatic heterocycles. The molecule has 0 bridgehead atoms. The summed E-state index contributed by atoms with van der Waals surface area (Å²) in [7, 11) is 0. The third-order valence-electron chi connectivity index (χ3n) is 3.45. The van der Waals surface area contributed by atoms with Crippen LogP contribution in [-0.2, 0) is 0 Å². The van der Waals surface area contributed by atoms with E-state index in [-0.39, 0.29) is 0 Å². The van der Waals surface area contributed by atoms with E-state index in [1.807, 2.05) is 0 Å². The number of piperazine rings is 1. The van der Waals surface area contributed by atoms with Crippen molar-refractivity contribution in [2.75, 3.05) is 24.6 Å². The summed E-state index contributed by atoms with van der Waals surface area (Å²) in [6.45, 7) is 6.94. The van der Waals surface area contributed by atoms with Crippen molar-refractivity contribution in [3.63, 3.8) is 0 Å². The largest absolute Gasteiger partial charge is 0.313 e. The van der Waals surface area contributed by atoms with Crippen LogP contribution in [0.2, 0.25) is 0 Å². The Hall–Kier alpha value is 0.270. The first-order valence-electron chi connectivity index (χ1n) is 5.78. The van der Waals surface area contributed by atoms with E-state index in [1.54, 1.807) is 0 Å². The minimum absolute atomic E-state index is 0.413. The Kier molecular flexibility index (Phi) is 3.40. The van der Waals surface area contributed by atoms with Crippen LogP contribution >= 0.6 is 11.8 Å². The fraction of sp³-hybridized carbons (Fsp3) is 1.00. The quantitative estimate of drug-likeness (QED) is 0.691. The van der Waals surface area contributed by atoms with Crippen LogP contribution in [0, 0.1) is 5.92 Å². The number of hydrogen-bond acceptors (Lipinski definition) is 3. The van der Waals surface area contributed by atoms with E-state index in [1.165, 1.54) is 30.9 Å². The molecule has 2 atom stereocenters. The van der Waals surface area contributed by atoms with Gasteiger partial charge in [0, 0.05) is 30.4 Å². The van der Waals surface area contributed by atoms with Gasteiger partial charge in [0.25, 0.3) is 0 Å². The highest BCUT2D eigenvalue weighted by atomic mass is 32.2. The average Bonchev–Trinajstić information content (AvgIpc) is 2.19. The molecular formula is C11H22N2S. The van der Waals surface area contributed by atoms with Crippen LogP contribution in [-0.4, -0.2) is 36.2 Å². The van der Waals surface area contributed by atoms with E-state index in [2.05, 4.69) is 36.2 Å². The highest BCUT2D eigenvalue weighted by Crippen LogP contribution is 2.28. The Balaban J connectivity index is 1.97. The molecule has 1 spiro atoms. The van der Waals surface area contributed by atoms with Gasteiger partial charge in [-0.05, 0) is 24.5 Å². The van der Waals surface area contributed by atoms with E-state index < -0.39 is 0 Å². The molecule has 0 aromatic carbocycles. The maximum Gasteiger partial charge on any atom is 0.0400 e. The van der Waals surface area contributed by atoms with Gasteiger partial charge in [-0.2, -0.15) is 11.8 Å². The average molecular weight is 214 g/mol. The summed E-state index contributed by atoms with van der Waals surface area (Å²) in [6.07, 6.45) is 2.74. The van der Waals surface area contributed by atoms with Crippen LogP contribution in [0.25, 0.3) is 0 Å². The number of nitrogens with one attached hydrogen (secondary N) is 2. The van der Waals surface area contributed by atoms with Crippen LogP contribution < -0.4 is 10.6 Å². The molecule has 0 aromatic rings. The Morgan fingerprint density at radius 1 is 1.43 bits per heavy atom. The zero-order valence-electron chi connectivity index (χ0n) is 9.31. The predicted octanol–water partition coefficient (Wildman–Crippen LogP) is 1.47. The Labute approximate surface area is 91.6 Å². The fourth-order valence-corrected chi connectivity index (χ4v) is 3.68. The first-order chi connectivity index (χ1) is 6.72. The SMILES string of the molecule is CC(C)C1CNCC2(CCCSC2)N1. The summed E-state index contributed by atoms with van der Waals surface area (Å²) in [5.41, 5.74) is 0.413. The molecule has 82 valence electrons. The molecule has 2 rings (SSSR count). The Bertz CT molecular complexity index is 182. The minimum atomic E-state index is 0.413. The van der Waals surface area contributed by atoms with Crippen molar-refractivity contribution in [3.8, 4) is 0 Å². The lowest BCUT2D eigenvalue weighted by atomic mass is 9.89. The first-order valence-corrected chi connectivity index (χ1v) is 6.93. The molecule has 2 saturated heterocycles. The summed E-state index contributed by atoms with van der Waals surface area (Å²) in [5.74, 6) is 3.39. The zero-order chi connectivity index (χ0) is 10.0. The van der Waals surface area contributed by atoms with Crippen LogP contribution in [0.3, 0.4) is 0 Å². The predicted molar refractivity (Wildman–Crippen MR) is 63.9 cm³/mol. The molecule has 3 heteroatoms. The summed E-state index contributed by atoms with van der Waals surface area (Å²) < 4.78 is 0. The minimum Gasteiger partial charge on any atom is -0.313 e. The smallest absolute Gasteiger partial charge is 0.0400 e. The van der Waals surface area contributed by atoms with Gasteiger partial charge >= 0.3 is 0 Å². The molecular weight excluding hydrogens is 192 g/mol. The number of thioether (sulfide) groups is 1. The summed E-state index contributed by atoms with van der Waals surface area (Å²) in [5, 5.41) is 7.49. The monoisotopic (exact) mass is 214 g/mol. The van der Waals surface area contributed by atoms with Gasteiger partial charge in [0.2, 0.25) is 0 Å². The van der Waals surface area contributed by atoms with Gasteiger partial charge in [0.15, 0.2) is 0 Å². The maximum absolute atomic E-state index is 3.88. The number of hydrogen-bond donors (Lipinski definition) is 2. The van der Waals surface area contributed by atoms with Crippen molar-refractivity contribution < 1.29 is 0 Å². The van der Waals surface area contributed by atoms with Gasteiger partial charge in [0.05, 0.1) is 0 Å². The fourth-order valence-electron chi connectivity index (χ4n) is 2.47. The molecule has 2 N–H and O–H groups in total. The standard InChI is InChI=1S/C11H22N2S/c1-9(2)10-6-12-7-11(13-10)4-3-5-14-8-11/h9-10,12-13H,3-8H2,1-2H3. The molecule has 0 saturated carbocycles. The molecule has 2 heterocycles. The molecule has 2 nitrogen and oxygen atoms in total. The van der Waals surface area contributed by atoms with Gasteiger partial charge in [-0.3, -0.25) is 0 Å². The molecule has 2 fully saturated rings. The van der Waals surface area contributed by atoms with Crippen molar-refractivity contribution in [1.29, 1.82) is 0 Å². The summed E-state index contributed by atoms with van der Waals surface area (Å²) >= 11 is 2.11. The lowest BCUT2D eigenvalue weighted by molar-refractivity contribution is 0.198. The normalized spacial score (nSPS) is 39.2. The van der Waals surface area contributed by atoms with Crippen LogP contribution in [0.1, 0.15) is 26.7 Å². The van der Waals surface area contributed by atoms with Gasteiger partial charge in [-0.15, -0.1) is 0 Å². The molecule has 0 amide bonds. The third kappa shape index (κ3) is 2.26. The molecule has 2 unspecified atom stereocenters. The molecule has 0 radical (unpaired) electrons. The second-order valence-electron chi connectivity index (χ2n) is 5.06. The van der Waals surface area contributed by atoms with Gasteiger partial charge in [-0.25, -0.2) is 0 Å². The van der Waals surface area contributed by atoms with E-state index in [0.29, 0.717) is 11.6 Å². The van der Waals surface area contributed by atoms with E-state index in [4.69, 9.17) is 0 Å². The van der Waals surface area contributed by atoms with Crippen molar-refractivity contribution >= 4 is 11.8 Å². The third-order valence-corrected chi connectivity index (χ3v) is 4.78. The second kappa shape index (κ2) is 4.42. The van der Waals surface area contributed by atoms with Crippen molar-refractivity contribution in [1.82, 2.24) is 10.6 Å². The molecule has 14 heavy (non-hydrogen) atoms. The van der Waals surface area contributed by atoms with Crippen LogP contribution in [0.4, 0.5) is 0 Å². The molecule has 2 aliphatic rings. The molecule has 0 aliphatic carbocycles. The van der Waals surface area contributed by atoms with Crippen molar-refractivity contribution in [3.05, 3.63) is 0 Å². The summed E-state index contributed by atoms with van der Waals surface area (Å²) in [6, 6.07) is 0.669. The Morgan fingerprint density at radius 3 is 2.93 bits per heavy atom. The highest BCUT2D eigenvalue weighted by Gasteiger charge is 2.37. The van der Waals surface area contributed by atoms with Crippen LogP contribution in [0.15, 0.2) is 0 Å². The van der Waals surface area contributed by atoms with E-state index >= 15 is 0 Å². The Morgan fingerprint density at radius 2 is 2.29 bits per heavy atom. The van der Waals surface area contributed by atoms with Crippen molar-refractivity contribution in [2.24, 2.45) is 5.92 Å². The van der Waals surface area contributed by atoms with Gasteiger partial charge < -0.3 is 10.6 Å². The zero-order valence-corrected chi connectivity index (χ0v) is 10.1. The van der Waals surface area contributed by atoms with Crippen LogP contribution in [0.5, 0.6) is 0 Å². The lowest BCUT2D eigenvalue weighted by Crippen LogP contribution is -2.66. The second-order valence-corrected chi connectivity index (χ2v) is 6.17. The summed E-state index contributed by atoms with van der Waals surface area (Å²) in [4.78, 5) is 0. The molecule has 0 aromatic heterocycles. The first kappa shape index (κ1) is 10.8. The van der Waals surface area contributed by atoms with E-state index in [9.17, 15) is 0 Å². The maximum atomic E-state index is 3.88. The van der Waals surface area contributed by atoms with E-state index in [0.717, 1.165) is 12.5 Å². The highest BCUT2D eigenvalue weighted by molar-refractivity contribution is 7.99.